The molecule has 1 amide bonds. The third kappa shape index (κ3) is 2.71. The summed E-state index contributed by atoms with van der Waals surface area (Å²) in [6, 6.07) is 6.73. The molecule has 5 nitrogen and oxygen atoms in total. The van der Waals surface area contributed by atoms with Crippen molar-refractivity contribution in [2.75, 3.05) is 39.3 Å². The molecule has 1 N–H and O–H groups in total. The van der Waals surface area contributed by atoms with Gasteiger partial charge < -0.3 is 10.1 Å². The second kappa shape index (κ2) is 5.89. The molecule has 3 aliphatic heterocycles. The molecular formula is C17H23N3O2. The van der Waals surface area contributed by atoms with Crippen molar-refractivity contribution in [2.45, 2.75) is 25.4 Å². The van der Waals surface area contributed by atoms with Crippen LogP contribution < -0.4 is 10.1 Å². The van der Waals surface area contributed by atoms with Crippen LogP contribution in [0.1, 0.15) is 17.5 Å². The van der Waals surface area contributed by atoms with Gasteiger partial charge in [-0.1, -0.05) is 12.1 Å². The van der Waals surface area contributed by atoms with Crippen molar-refractivity contribution in [1.82, 2.24) is 15.1 Å². The smallest absolute Gasteiger partial charge is 0.237 e. The second-order valence-electron chi connectivity index (χ2n) is 6.45. The fraction of sp³-hybridized carbons (Fsp3) is 0.588. The SMILES string of the molecule is O=C1NCCC1N1CCN(Cc2ccc3c(c2)OCC3)CC1. The van der Waals surface area contributed by atoms with Crippen LogP contribution in [0.3, 0.4) is 0 Å². The number of ether oxygens (including phenoxy) is 1. The van der Waals surface area contributed by atoms with Crippen LogP contribution in [-0.2, 0) is 17.8 Å². The Morgan fingerprint density at radius 3 is 2.86 bits per heavy atom. The lowest BCUT2D eigenvalue weighted by Crippen LogP contribution is -2.51. The number of fused-ring (bicyclic) bond motifs is 1. The number of hydrogen-bond acceptors (Lipinski definition) is 4. The van der Waals surface area contributed by atoms with Crippen molar-refractivity contribution in [2.24, 2.45) is 0 Å². The Hall–Kier alpha value is -1.59. The lowest BCUT2D eigenvalue weighted by Gasteiger charge is -2.37. The van der Waals surface area contributed by atoms with E-state index in [0.717, 1.165) is 64.5 Å². The lowest BCUT2D eigenvalue weighted by atomic mass is 10.1. The fourth-order valence-corrected chi connectivity index (χ4v) is 3.73. The third-order valence-electron chi connectivity index (χ3n) is 5.03. The molecule has 0 aromatic heterocycles. The van der Waals surface area contributed by atoms with Gasteiger partial charge in [0.15, 0.2) is 0 Å². The number of rotatable bonds is 3. The Bertz CT molecular complexity index is 567. The number of carbonyl (C=O) groups excluding carboxylic acids is 1. The molecule has 1 aromatic rings. The van der Waals surface area contributed by atoms with Crippen LogP contribution in [0, 0.1) is 0 Å². The molecule has 0 bridgehead atoms. The Morgan fingerprint density at radius 2 is 2.09 bits per heavy atom. The molecular weight excluding hydrogens is 278 g/mol. The minimum absolute atomic E-state index is 0.107. The van der Waals surface area contributed by atoms with E-state index in [2.05, 4.69) is 33.3 Å². The number of amides is 1. The highest BCUT2D eigenvalue weighted by Crippen LogP contribution is 2.27. The lowest BCUT2D eigenvalue weighted by molar-refractivity contribution is -0.124. The molecule has 4 rings (SSSR count). The number of carbonyl (C=O) groups is 1. The first-order valence-electron chi connectivity index (χ1n) is 8.28. The van der Waals surface area contributed by atoms with Gasteiger partial charge in [-0.3, -0.25) is 14.6 Å². The van der Waals surface area contributed by atoms with Crippen molar-refractivity contribution in [3.63, 3.8) is 0 Å². The van der Waals surface area contributed by atoms with Gasteiger partial charge in [-0.25, -0.2) is 0 Å². The largest absolute Gasteiger partial charge is 0.493 e. The van der Waals surface area contributed by atoms with Crippen LogP contribution in [0.15, 0.2) is 18.2 Å². The number of benzene rings is 1. The maximum atomic E-state index is 11.8. The van der Waals surface area contributed by atoms with Crippen molar-refractivity contribution in [3.8, 4) is 5.75 Å². The molecule has 1 atom stereocenters. The summed E-state index contributed by atoms with van der Waals surface area (Å²) in [5, 5.41) is 2.93. The maximum absolute atomic E-state index is 11.8. The Kier molecular flexibility index (Phi) is 3.76. The van der Waals surface area contributed by atoms with E-state index in [9.17, 15) is 4.79 Å². The third-order valence-corrected chi connectivity index (χ3v) is 5.03. The average molecular weight is 301 g/mol. The fourth-order valence-electron chi connectivity index (χ4n) is 3.73. The van der Waals surface area contributed by atoms with Gasteiger partial charge in [0.2, 0.25) is 5.91 Å². The first kappa shape index (κ1) is 14.0. The molecule has 2 saturated heterocycles. The van der Waals surface area contributed by atoms with Gasteiger partial charge >= 0.3 is 0 Å². The molecule has 0 spiro atoms. The summed E-state index contributed by atoms with van der Waals surface area (Å²) in [5.41, 5.74) is 2.66. The summed E-state index contributed by atoms with van der Waals surface area (Å²) in [5.74, 6) is 1.28. The van der Waals surface area contributed by atoms with E-state index in [0.29, 0.717) is 0 Å². The standard InChI is InChI=1S/C17H23N3O2/c21-17-15(3-5-18-17)20-8-6-19(7-9-20)12-13-1-2-14-4-10-22-16(14)11-13/h1-2,11,15H,3-10,12H2,(H,18,21). The van der Waals surface area contributed by atoms with Gasteiger partial charge in [-0.2, -0.15) is 0 Å². The van der Waals surface area contributed by atoms with Gasteiger partial charge in [0.25, 0.3) is 0 Å². The first-order chi connectivity index (χ1) is 10.8. The van der Waals surface area contributed by atoms with E-state index < -0.39 is 0 Å². The number of nitrogens with one attached hydrogen (secondary N) is 1. The van der Waals surface area contributed by atoms with Gasteiger partial charge in [0.05, 0.1) is 12.6 Å². The summed E-state index contributed by atoms with van der Waals surface area (Å²) in [7, 11) is 0. The average Bonchev–Trinajstić information content (AvgIpc) is 3.16. The molecule has 2 fully saturated rings. The van der Waals surface area contributed by atoms with Crippen LogP contribution in [-0.4, -0.2) is 61.1 Å². The van der Waals surface area contributed by atoms with Crippen LogP contribution >= 0.6 is 0 Å². The molecule has 3 aliphatic rings. The summed E-state index contributed by atoms with van der Waals surface area (Å²) in [6.07, 6.45) is 2.00. The molecule has 3 heterocycles. The van der Waals surface area contributed by atoms with Crippen molar-refractivity contribution < 1.29 is 9.53 Å². The van der Waals surface area contributed by atoms with Gasteiger partial charge in [-0.15, -0.1) is 0 Å². The summed E-state index contributed by atoms with van der Waals surface area (Å²) >= 11 is 0. The topological polar surface area (TPSA) is 44.8 Å². The molecule has 1 aromatic carbocycles. The van der Waals surface area contributed by atoms with Gasteiger partial charge in [-0.05, 0) is 23.6 Å². The molecule has 5 heteroatoms. The minimum atomic E-state index is 0.107. The molecule has 0 saturated carbocycles. The van der Waals surface area contributed by atoms with E-state index in [1.165, 1.54) is 11.1 Å². The van der Waals surface area contributed by atoms with E-state index >= 15 is 0 Å². The molecule has 0 aliphatic carbocycles. The van der Waals surface area contributed by atoms with Crippen molar-refractivity contribution in [1.29, 1.82) is 0 Å². The van der Waals surface area contributed by atoms with E-state index in [1.807, 2.05) is 0 Å². The van der Waals surface area contributed by atoms with Crippen LogP contribution in [0.4, 0.5) is 0 Å². The second-order valence-corrected chi connectivity index (χ2v) is 6.45. The zero-order chi connectivity index (χ0) is 14.9. The van der Waals surface area contributed by atoms with Crippen molar-refractivity contribution in [3.05, 3.63) is 29.3 Å². The van der Waals surface area contributed by atoms with E-state index in [1.54, 1.807) is 0 Å². The maximum Gasteiger partial charge on any atom is 0.237 e. The quantitative estimate of drug-likeness (QED) is 0.889. The van der Waals surface area contributed by atoms with Crippen LogP contribution in [0.2, 0.25) is 0 Å². The molecule has 22 heavy (non-hydrogen) atoms. The highest BCUT2D eigenvalue weighted by molar-refractivity contribution is 5.83. The minimum Gasteiger partial charge on any atom is -0.493 e. The number of nitrogens with zero attached hydrogens (tertiary/aromatic N) is 2. The molecule has 118 valence electrons. The summed E-state index contributed by atoms with van der Waals surface area (Å²) in [4.78, 5) is 16.6. The van der Waals surface area contributed by atoms with Crippen LogP contribution in [0.5, 0.6) is 5.75 Å². The number of hydrogen-bond donors (Lipinski definition) is 1. The van der Waals surface area contributed by atoms with Gasteiger partial charge in [0, 0.05) is 45.7 Å². The Labute approximate surface area is 131 Å². The Balaban J connectivity index is 1.33. The predicted octanol–water partition coefficient (Wildman–Crippen LogP) is 0.628. The summed E-state index contributed by atoms with van der Waals surface area (Å²) in [6.45, 7) is 6.66. The molecule has 1 unspecified atom stereocenters. The zero-order valence-corrected chi connectivity index (χ0v) is 12.9. The van der Waals surface area contributed by atoms with E-state index in [4.69, 9.17) is 4.74 Å². The monoisotopic (exact) mass is 301 g/mol. The zero-order valence-electron chi connectivity index (χ0n) is 12.9. The molecule has 0 radical (unpaired) electrons. The Morgan fingerprint density at radius 1 is 1.23 bits per heavy atom. The van der Waals surface area contributed by atoms with E-state index in [-0.39, 0.29) is 11.9 Å². The highest BCUT2D eigenvalue weighted by atomic mass is 16.5. The summed E-state index contributed by atoms with van der Waals surface area (Å²) < 4.78 is 5.65. The normalized spacial score (nSPS) is 25.8. The van der Waals surface area contributed by atoms with Gasteiger partial charge in [0.1, 0.15) is 5.75 Å². The predicted molar refractivity (Wildman–Crippen MR) is 83.9 cm³/mol. The number of piperazine rings is 1. The van der Waals surface area contributed by atoms with Crippen molar-refractivity contribution >= 4 is 5.91 Å². The van der Waals surface area contributed by atoms with Crippen LogP contribution in [0.25, 0.3) is 0 Å². The first-order valence-corrected chi connectivity index (χ1v) is 8.28. The highest BCUT2D eigenvalue weighted by Gasteiger charge is 2.32.